The Morgan fingerprint density at radius 3 is 2.56 bits per heavy atom. The molecule has 2 heterocycles. The van der Waals surface area contributed by atoms with Crippen molar-refractivity contribution in [3.8, 4) is 11.4 Å². The van der Waals surface area contributed by atoms with Gasteiger partial charge in [0, 0.05) is 50.0 Å². The van der Waals surface area contributed by atoms with Crippen LogP contribution in [0.4, 0.5) is 0 Å². The molecule has 0 amide bonds. The molecular formula is C23H28N4. The van der Waals surface area contributed by atoms with Gasteiger partial charge in [-0.3, -0.25) is 9.80 Å². The lowest BCUT2D eigenvalue weighted by Crippen LogP contribution is -2.51. The smallest absolute Gasteiger partial charge is 0.138 e. The second-order valence-corrected chi connectivity index (χ2v) is 8.08. The Hall–Kier alpha value is -2.17. The minimum absolute atomic E-state index is 0.872. The highest BCUT2D eigenvalue weighted by atomic mass is 15.3. The van der Waals surface area contributed by atoms with Crippen LogP contribution < -0.4 is 0 Å². The first-order valence-electron chi connectivity index (χ1n) is 10.3. The lowest BCUT2D eigenvalue weighted by molar-refractivity contribution is 0.0582. The molecule has 2 aromatic carbocycles. The molecule has 1 aliphatic carbocycles. The number of aromatic nitrogens is 2. The van der Waals surface area contributed by atoms with Crippen molar-refractivity contribution < 1.29 is 0 Å². The fraction of sp³-hybridized carbons (Fsp3) is 0.435. The van der Waals surface area contributed by atoms with Crippen LogP contribution in [0.25, 0.3) is 22.2 Å². The van der Waals surface area contributed by atoms with Gasteiger partial charge in [0.05, 0.1) is 5.69 Å². The number of imidazole rings is 1. The summed E-state index contributed by atoms with van der Waals surface area (Å²) in [6.07, 6.45) is 4.24. The van der Waals surface area contributed by atoms with Gasteiger partial charge >= 0.3 is 0 Å². The number of benzene rings is 2. The molecular weight excluding hydrogens is 332 g/mol. The fourth-order valence-electron chi connectivity index (χ4n) is 4.46. The SMILES string of the molecule is Cc1[nH]c(-c2cccc3ccccc23)nc1CN1CCN(C2CCC2)CC1. The van der Waals surface area contributed by atoms with Crippen LogP contribution in [0.1, 0.15) is 30.7 Å². The number of nitrogens with zero attached hydrogens (tertiary/aromatic N) is 3. The predicted octanol–water partition coefficient (Wildman–Crippen LogP) is 4.21. The summed E-state index contributed by atoms with van der Waals surface area (Å²) in [5.41, 5.74) is 3.58. The Labute approximate surface area is 161 Å². The first-order valence-corrected chi connectivity index (χ1v) is 10.3. The zero-order valence-corrected chi connectivity index (χ0v) is 16.1. The summed E-state index contributed by atoms with van der Waals surface area (Å²) in [6, 6.07) is 15.9. The second kappa shape index (κ2) is 7.10. The molecule has 0 bridgehead atoms. The Balaban J connectivity index is 1.33. The Morgan fingerprint density at radius 1 is 1.00 bits per heavy atom. The van der Waals surface area contributed by atoms with Crippen LogP contribution in [-0.4, -0.2) is 52.0 Å². The maximum absolute atomic E-state index is 4.99. The monoisotopic (exact) mass is 360 g/mol. The molecule has 0 unspecified atom stereocenters. The van der Waals surface area contributed by atoms with Crippen molar-refractivity contribution in [2.75, 3.05) is 26.2 Å². The largest absolute Gasteiger partial charge is 0.342 e. The van der Waals surface area contributed by atoms with Crippen molar-refractivity contribution in [2.45, 2.75) is 38.8 Å². The van der Waals surface area contributed by atoms with Gasteiger partial charge in [-0.1, -0.05) is 48.9 Å². The molecule has 140 valence electrons. The number of piperazine rings is 1. The minimum atomic E-state index is 0.872. The van der Waals surface area contributed by atoms with E-state index in [1.54, 1.807) is 0 Å². The lowest BCUT2D eigenvalue weighted by atomic mass is 9.91. The van der Waals surface area contributed by atoms with Gasteiger partial charge in [-0.05, 0) is 30.5 Å². The molecule has 4 nitrogen and oxygen atoms in total. The summed E-state index contributed by atoms with van der Waals surface area (Å²) in [6.45, 7) is 7.85. The van der Waals surface area contributed by atoms with E-state index < -0.39 is 0 Å². The summed E-state index contributed by atoms with van der Waals surface area (Å²) in [4.78, 5) is 13.8. The Kier molecular flexibility index (Phi) is 4.46. The van der Waals surface area contributed by atoms with Crippen LogP contribution in [0.5, 0.6) is 0 Å². The average Bonchev–Trinajstić information content (AvgIpc) is 3.02. The zero-order chi connectivity index (χ0) is 18.2. The lowest BCUT2D eigenvalue weighted by Gasteiger charge is -2.42. The Bertz CT molecular complexity index is 927. The molecule has 0 atom stereocenters. The second-order valence-electron chi connectivity index (χ2n) is 8.08. The highest BCUT2D eigenvalue weighted by Crippen LogP contribution is 2.28. The van der Waals surface area contributed by atoms with E-state index in [4.69, 9.17) is 4.98 Å². The maximum Gasteiger partial charge on any atom is 0.138 e. The van der Waals surface area contributed by atoms with E-state index in [1.807, 2.05) is 0 Å². The molecule has 4 heteroatoms. The zero-order valence-electron chi connectivity index (χ0n) is 16.1. The van der Waals surface area contributed by atoms with E-state index in [0.717, 1.165) is 31.5 Å². The molecule has 1 saturated heterocycles. The summed E-state index contributed by atoms with van der Waals surface area (Å²) in [5.74, 6) is 0.993. The van der Waals surface area contributed by atoms with E-state index in [1.165, 1.54) is 60.1 Å². The normalized spacial score (nSPS) is 19.4. The molecule has 1 aromatic heterocycles. The van der Waals surface area contributed by atoms with Gasteiger partial charge < -0.3 is 4.98 Å². The predicted molar refractivity (Wildman–Crippen MR) is 111 cm³/mol. The van der Waals surface area contributed by atoms with Crippen LogP contribution in [0.3, 0.4) is 0 Å². The van der Waals surface area contributed by atoms with E-state index >= 15 is 0 Å². The van der Waals surface area contributed by atoms with Crippen LogP contribution in [0, 0.1) is 6.92 Å². The maximum atomic E-state index is 4.99. The molecule has 27 heavy (non-hydrogen) atoms. The fourth-order valence-corrected chi connectivity index (χ4v) is 4.46. The van der Waals surface area contributed by atoms with Gasteiger partial charge in [-0.15, -0.1) is 0 Å². The number of hydrogen-bond donors (Lipinski definition) is 1. The van der Waals surface area contributed by atoms with Crippen molar-refractivity contribution in [2.24, 2.45) is 0 Å². The van der Waals surface area contributed by atoms with Crippen LogP contribution >= 0.6 is 0 Å². The van der Waals surface area contributed by atoms with E-state index in [0.29, 0.717) is 0 Å². The highest BCUT2D eigenvalue weighted by Gasteiger charge is 2.28. The number of fused-ring (bicyclic) bond motifs is 1. The van der Waals surface area contributed by atoms with Crippen molar-refractivity contribution in [1.29, 1.82) is 0 Å². The number of aromatic amines is 1. The topological polar surface area (TPSA) is 35.2 Å². The first-order chi connectivity index (χ1) is 13.3. The van der Waals surface area contributed by atoms with E-state index in [2.05, 4.69) is 64.2 Å². The van der Waals surface area contributed by atoms with Crippen molar-refractivity contribution in [3.63, 3.8) is 0 Å². The standard InChI is InChI=1S/C23H28N4/c1-17-22(16-26-12-14-27(15-13-26)19-8-5-9-19)25-23(24-17)21-11-4-7-18-6-2-3-10-20(18)21/h2-4,6-7,10-11,19H,5,8-9,12-16H2,1H3,(H,24,25). The van der Waals surface area contributed by atoms with Gasteiger partial charge in [0.2, 0.25) is 0 Å². The molecule has 1 saturated carbocycles. The van der Waals surface area contributed by atoms with E-state index in [9.17, 15) is 0 Å². The summed E-state index contributed by atoms with van der Waals surface area (Å²) >= 11 is 0. The van der Waals surface area contributed by atoms with Crippen LogP contribution in [0.2, 0.25) is 0 Å². The molecule has 0 spiro atoms. The van der Waals surface area contributed by atoms with Crippen molar-refractivity contribution in [3.05, 3.63) is 53.9 Å². The highest BCUT2D eigenvalue weighted by molar-refractivity contribution is 5.95. The van der Waals surface area contributed by atoms with Gasteiger partial charge in [0.25, 0.3) is 0 Å². The van der Waals surface area contributed by atoms with Gasteiger partial charge in [-0.25, -0.2) is 4.98 Å². The van der Waals surface area contributed by atoms with Crippen molar-refractivity contribution >= 4 is 10.8 Å². The minimum Gasteiger partial charge on any atom is -0.342 e. The number of aryl methyl sites for hydroxylation is 1. The average molecular weight is 361 g/mol. The molecule has 2 aliphatic rings. The van der Waals surface area contributed by atoms with E-state index in [-0.39, 0.29) is 0 Å². The number of H-pyrrole nitrogens is 1. The summed E-state index contributed by atoms with van der Waals surface area (Å²) in [5, 5.41) is 2.52. The number of hydrogen-bond acceptors (Lipinski definition) is 3. The van der Waals surface area contributed by atoms with Gasteiger partial charge in [0.15, 0.2) is 0 Å². The molecule has 3 aromatic rings. The van der Waals surface area contributed by atoms with Crippen molar-refractivity contribution in [1.82, 2.24) is 19.8 Å². The molecule has 5 rings (SSSR count). The summed E-state index contributed by atoms with van der Waals surface area (Å²) in [7, 11) is 0. The Morgan fingerprint density at radius 2 is 1.78 bits per heavy atom. The van der Waals surface area contributed by atoms with Gasteiger partial charge in [-0.2, -0.15) is 0 Å². The third kappa shape index (κ3) is 3.28. The molecule has 0 radical (unpaired) electrons. The first kappa shape index (κ1) is 17.0. The van der Waals surface area contributed by atoms with Crippen LogP contribution in [-0.2, 0) is 6.54 Å². The number of rotatable bonds is 4. The van der Waals surface area contributed by atoms with Crippen LogP contribution in [0.15, 0.2) is 42.5 Å². The third-order valence-electron chi connectivity index (χ3n) is 6.40. The quantitative estimate of drug-likeness (QED) is 0.757. The molecule has 1 N–H and O–H groups in total. The molecule has 1 aliphatic heterocycles. The molecule has 2 fully saturated rings. The summed E-state index contributed by atoms with van der Waals surface area (Å²) < 4.78 is 0. The van der Waals surface area contributed by atoms with Gasteiger partial charge in [0.1, 0.15) is 5.82 Å². The third-order valence-corrected chi connectivity index (χ3v) is 6.40. The number of nitrogens with one attached hydrogen (secondary N) is 1.